The highest BCUT2D eigenvalue weighted by Crippen LogP contribution is 2.22. The molecule has 0 radical (unpaired) electrons. The molecule has 0 aliphatic carbocycles. The number of hydrogen-bond donors (Lipinski definition) is 2. The van der Waals surface area contributed by atoms with Crippen molar-refractivity contribution in [3.63, 3.8) is 0 Å². The minimum atomic E-state index is 0.253. The topological polar surface area (TPSA) is 67.1 Å². The average molecular weight is 287 g/mol. The van der Waals surface area contributed by atoms with E-state index in [1.54, 1.807) is 0 Å². The summed E-state index contributed by atoms with van der Waals surface area (Å²) in [5.74, 6) is 0.678. The van der Waals surface area contributed by atoms with Gasteiger partial charge < -0.3 is 16.0 Å². The van der Waals surface area contributed by atoms with Crippen LogP contribution >= 0.6 is 12.2 Å². The molecule has 2 aromatic rings. The van der Waals surface area contributed by atoms with Gasteiger partial charge in [0.25, 0.3) is 0 Å². The summed E-state index contributed by atoms with van der Waals surface area (Å²) in [5.41, 5.74) is 9.18. The van der Waals surface area contributed by atoms with Gasteiger partial charge >= 0.3 is 0 Å². The lowest BCUT2D eigenvalue weighted by molar-refractivity contribution is 0.987. The first-order valence-corrected chi connectivity index (χ1v) is 6.59. The van der Waals surface area contributed by atoms with Crippen LogP contribution in [0.25, 0.3) is 0 Å². The predicted molar refractivity (Wildman–Crippen MR) is 86.4 cm³/mol. The maximum absolute atomic E-state index is 5.44. The lowest BCUT2D eigenvalue weighted by Crippen LogP contribution is -2.19. The molecule has 5 nitrogen and oxygen atoms in total. The number of anilines is 3. The van der Waals surface area contributed by atoms with Crippen LogP contribution in [0.1, 0.15) is 11.4 Å². The van der Waals surface area contributed by atoms with E-state index in [-0.39, 0.29) is 5.11 Å². The molecule has 1 aromatic heterocycles. The first-order chi connectivity index (χ1) is 9.45. The van der Waals surface area contributed by atoms with Crippen molar-refractivity contribution in [2.24, 2.45) is 5.73 Å². The van der Waals surface area contributed by atoms with Gasteiger partial charge in [-0.3, -0.25) is 0 Å². The summed E-state index contributed by atoms with van der Waals surface area (Å²) in [6.45, 7) is 3.92. The predicted octanol–water partition coefficient (Wildman–Crippen LogP) is 2.52. The molecule has 2 rings (SSSR count). The number of hydrogen-bond acceptors (Lipinski definition) is 4. The lowest BCUT2D eigenvalue weighted by atomic mass is 10.2. The lowest BCUT2D eigenvalue weighted by Gasteiger charge is -2.18. The second-order valence-electron chi connectivity index (χ2n) is 4.55. The third-order valence-electron chi connectivity index (χ3n) is 2.79. The SMILES string of the molecule is Cc1cc(C)nc(N(C)c2ccc(NC(N)=S)cc2)n1. The van der Waals surface area contributed by atoms with Gasteiger partial charge in [-0.15, -0.1) is 0 Å². The Hall–Kier alpha value is -2.21. The zero-order valence-corrected chi connectivity index (χ0v) is 12.5. The van der Waals surface area contributed by atoms with Gasteiger partial charge in [-0.25, -0.2) is 9.97 Å². The minimum Gasteiger partial charge on any atom is -0.376 e. The number of rotatable bonds is 3. The summed E-state index contributed by atoms with van der Waals surface area (Å²) in [4.78, 5) is 10.8. The third kappa shape index (κ3) is 3.42. The number of benzene rings is 1. The molecule has 0 fully saturated rings. The molecule has 0 unspecified atom stereocenters. The molecule has 0 saturated heterocycles. The quantitative estimate of drug-likeness (QED) is 0.846. The molecule has 0 atom stereocenters. The Morgan fingerprint density at radius 3 is 2.20 bits per heavy atom. The first-order valence-electron chi connectivity index (χ1n) is 6.18. The van der Waals surface area contributed by atoms with Crippen LogP contribution in [-0.2, 0) is 0 Å². The Morgan fingerprint density at radius 1 is 1.15 bits per heavy atom. The number of thiocarbonyl (C=S) groups is 1. The highest BCUT2D eigenvalue weighted by Gasteiger charge is 2.08. The van der Waals surface area contributed by atoms with E-state index < -0.39 is 0 Å². The Balaban J connectivity index is 2.24. The fourth-order valence-electron chi connectivity index (χ4n) is 1.88. The molecule has 0 aliphatic rings. The van der Waals surface area contributed by atoms with Crippen LogP contribution in [0.2, 0.25) is 0 Å². The molecule has 0 aliphatic heterocycles. The van der Waals surface area contributed by atoms with Crippen molar-refractivity contribution in [1.29, 1.82) is 0 Å². The molecule has 3 N–H and O–H groups in total. The molecule has 0 saturated carbocycles. The summed E-state index contributed by atoms with van der Waals surface area (Å²) >= 11 is 4.80. The number of nitrogens with zero attached hydrogens (tertiary/aromatic N) is 3. The first kappa shape index (κ1) is 14.2. The van der Waals surface area contributed by atoms with E-state index in [0.717, 1.165) is 22.8 Å². The smallest absolute Gasteiger partial charge is 0.230 e. The molecule has 0 bridgehead atoms. The van der Waals surface area contributed by atoms with Crippen molar-refractivity contribution in [2.75, 3.05) is 17.3 Å². The van der Waals surface area contributed by atoms with Gasteiger partial charge in [0.15, 0.2) is 5.11 Å². The van der Waals surface area contributed by atoms with E-state index in [9.17, 15) is 0 Å². The summed E-state index contributed by atoms with van der Waals surface area (Å²) in [5, 5.41) is 3.14. The summed E-state index contributed by atoms with van der Waals surface area (Å²) in [6.07, 6.45) is 0. The van der Waals surface area contributed by atoms with Gasteiger partial charge in [-0.1, -0.05) is 0 Å². The van der Waals surface area contributed by atoms with Crippen molar-refractivity contribution in [2.45, 2.75) is 13.8 Å². The van der Waals surface area contributed by atoms with E-state index in [4.69, 9.17) is 18.0 Å². The monoisotopic (exact) mass is 287 g/mol. The van der Waals surface area contributed by atoms with Crippen LogP contribution in [0.3, 0.4) is 0 Å². The van der Waals surface area contributed by atoms with E-state index in [1.165, 1.54) is 0 Å². The van der Waals surface area contributed by atoms with Gasteiger partial charge in [0.2, 0.25) is 5.95 Å². The molecule has 1 heterocycles. The number of nitrogens with two attached hydrogens (primary N) is 1. The van der Waals surface area contributed by atoms with Crippen molar-refractivity contribution >= 4 is 34.7 Å². The number of aromatic nitrogens is 2. The Labute approximate surface area is 123 Å². The van der Waals surface area contributed by atoms with Crippen molar-refractivity contribution < 1.29 is 0 Å². The van der Waals surface area contributed by atoms with Gasteiger partial charge in [0.1, 0.15) is 0 Å². The molecular formula is C14H17N5S. The van der Waals surface area contributed by atoms with E-state index in [1.807, 2.05) is 56.1 Å². The highest BCUT2D eigenvalue weighted by atomic mass is 32.1. The number of aryl methyl sites for hydroxylation is 2. The average Bonchev–Trinajstić information content (AvgIpc) is 2.37. The molecule has 1 aromatic carbocycles. The fraction of sp³-hybridized carbons (Fsp3) is 0.214. The fourth-order valence-corrected chi connectivity index (χ4v) is 2.00. The second-order valence-corrected chi connectivity index (χ2v) is 4.99. The van der Waals surface area contributed by atoms with Gasteiger partial charge in [0, 0.05) is 29.8 Å². The minimum absolute atomic E-state index is 0.253. The summed E-state index contributed by atoms with van der Waals surface area (Å²) in [6, 6.07) is 9.69. The Morgan fingerprint density at radius 2 is 1.70 bits per heavy atom. The van der Waals surface area contributed by atoms with Crippen molar-refractivity contribution in [3.05, 3.63) is 41.7 Å². The molecule has 20 heavy (non-hydrogen) atoms. The molecule has 0 amide bonds. The Kier molecular flexibility index (Phi) is 4.14. The zero-order chi connectivity index (χ0) is 14.7. The van der Waals surface area contributed by atoms with Crippen LogP contribution in [0.5, 0.6) is 0 Å². The van der Waals surface area contributed by atoms with Crippen LogP contribution < -0.4 is 16.0 Å². The van der Waals surface area contributed by atoms with Crippen LogP contribution in [0.4, 0.5) is 17.3 Å². The van der Waals surface area contributed by atoms with Gasteiger partial charge in [-0.05, 0) is 56.4 Å². The second kappa shape index (κ2) is 5.83. The largest absolute Gasteiger partial charge is 0.376 e. The van der Waals surface area contributed by atoms with E-state index in [2.05, 4.69) is 15.3 Å². The van der Waals surface area contributed by atoms with Crippen molar-refractivity contribution in [1.82, 2.24) is 9.97 Å². The molecule has 0 spiro atoms. The summed E-state index contributed by atoms with van der Waals surface area (Å²) < 4.78 is 0. The molecule has 6 heteroatoms. The Bertz CT molecular complexity index is 604. The standard InChI is InChI=1S/C14H17N5S/c1-9-8-10(2)17-14(16-9)19(3)12-6-4-11(5-7-12)18-13(15)20/h4-8H,1-3H3,(H3,15,18,20). The van der Waals surface area contributed by atoms with E-state index >= 15 is 0 Å². The van der Waals surface area contributed by atoms with Crippen LogP contribution in [0, 0.1) is 13.8 Å². The van der Waals surface area contributed by atoms with Gasteiger partial charge in [-0.2, -0.15) is 0 Å². The number of nitrogens with one attached hydrogen (secondary N) is 1. The van der Waals surface area contributed by atoms with E-state index in [0.29, 0.717) is 5.95 Å². The summed E-state index contributed by atoms with van der Waals surface area (Å²) in [7, 11) is 1.93. The normalized spacial score (nSPS) is 10.2. The maximum atomic E-state index is 5.44. The van der Waals surface area contributed by atoms with Crippen LogP contribution in [0.15, 0.2) is 30.3 Å². The molecule has 104 valence electrons. The molecular weight excluding hydrogens is 270 g/mol. The van der Waals surface area contributed by atoms with Crippen LogP contribution in [-0.4, -0.2) is 22.1 Å². The van der Waals surface area contributed by atoms with Gasteiger partial charge in [0.05, 0.1) is 0 Å². The highest BCUT2D eigenvalue weighted by molar-refractivity contribution is 7.80. The third-order valence-corrected chi connectivity index (χ3v) is 2.89. The van der Waals surface area contributed by atoms with Crippen molar-refractivity contribution in [3.8, 4) is 0 Å². The maximum Gasteiger partial charge on any atom is 0.230 e. The zero-order valence-electron chi connectivity index (χ0n) is 11.7.